The monoisotopic (exact) mass is 525 g/mol. The van der Waals surface area contributed by atoms with Crippen molar-refractivity contribution < 1.29 is 14.6 Å². The third kappa shape index (κ3) is 7.68. The second-order valence-electron chi connectivity index (χ2n) is 7.22. The second kappa shape index (κ2) is 12.6. The number of benzene rings is 2. The van der Waals surface area contributed by atoms with Crippen LogP contribution in [0, 0.1) is 6.92 Å². The van der Waals surface area contributed by atoms with E-state index in [4.69, 9.17) is 9.47 Å². The van der Waals surface area contributed by atoms with Crippen LogP contribution in [0.15, 0.2) is 47.5 Å². The number of nitrogens with zero attached hydrogens (tertiary/aromatic N) is 1. The zero-order valence-corrected chi connectivity index (χ0v) is 20.0. The van der Waals surface area contributed by atoms with E-state index in [-0.39, 0.29) is 37.1 Å². The highest BCUT2D eigenvalue weighted by Gasteiger charge is 2.12. The summed E-state index contributed by atoms with van der Waals surface area (Å²) in [6.07, 6.45) is 1.22. The van der Waals surface area contributed by atoms with Crippen LogP contribution in [0.4, 0.5) is 0 Å². The minimum Gasteiger partial charge on any atom is -0.493 e. The number of aliphatic imine (C=N–C) groups is 1. The summed E-state index contributed by atoms with van der Waals surface area (Å²) in [7, 11) is 0. The van der Waals surface area contributed by atoms with Crippen LogP contribution in [0.25, 0.3) is 0 Å². The lowest BCUT2D eigenvalue weighted by atomic mass is 10.1. The highest BCUT2D eigenvalue weighted by Crippen LogP contribution is 2.25. The molecular formula is C23H32IN3O3. The van der Waals surface area contributed by atoms with Gasteiger partial charge in [0.15, 0.2) is 5.96 Å². The molecule has 0 saturated heterocycles. The van der Waals surface area contributed by atoms with Crippen LogP contribution in [0.5, 0.6) is 11.5 Å². The van der Waals surface area contributed by atoms with E-state index in [1.54, 1.807) is 0 Å². The maximum atomic E-state index is 10.2. The predicted octanol–water partition coefficient (Wildman–Crippen LogP) is 3.09. The van der Waals surface area contributed by atoms with E-state index in [1.807, 2.05) is 38.1 Å². The summed E-state index contributed by atoms with van der Waals surface area (Å²) in [6.45, 7) is 6.83. The van der Waals surface area contributed by atoms with Crippen molar-refractivity contribution in [3.8, 4) is 11.5 Å². The summed E-state index contributed by atoms with van der Waals surface area (Å²) >= 11 is 0. The quantitative estimate of drug-likeness (QED) is 0.267. The zero-order valence-electron chi connectivity index (χ0n) is 17.7. The number of nitrogens with one attached hydrogen (secondary N) is 2. The number of fused-ring (bicyclic) bond motifs is 1. The molecule has 2 aromatic rings. The first-order chi connectivity index (χ1) is 14.1. The SMILES string of the molecule is CCNC(=NCC(O)COc1cccc(C)c1)NCCc1ccc2c(c1)CCO2.I. The van der Waals surface area contributed by atoms with Crippen LogP contribution in [0.2, 0.25) is 0 Å². The van der Waals surface area contributed by atoms with E-state index < -0.39 is 6.10 Å². The molecule has 0 bridgehead atoms. The Hall–Kier alpha value is -2.00. The molecule has 1 aliphatic rings. The molecule has 3 rings (SSSR count). The van der Waals surface area contributed by atoms with E-state index in [1.165, 1.54) is 11.1 Å². The summed E-state index contributed by atoms with van der Waals surface area (Å²) in [4.78, 5) is 4.48. The maximum Gasteiger partial charge on any atom is 0.191 e. The number of hydrogen-bond donors (Lipinski definition) is 3. The lowest BCUT2D eigenvalue weighted by molar-refractivity contribution is 0.114. The molecule has 0 spiro atoms. The van der Waals surface area contributed by atoms with Crippen molar-refractivity contribution in [2.45, 2.75) is 32.8 Å². The summed E-state index contributed by atoms with van der Waals surface area (Å²) in [6, 6.07) is 14.2. The summed E-state index contributed by atoms with van der Waals surface area (Å²) in [5.74, 6) is 2.47. The summed E-state index contributed by atoms with van der Waals surface area (Å²) in [5, 5.41) is 16.7. The van der Waals surface area contributed by atoms with Crippen molar-refractivity contribution in [1.29, 1.82) is 0 Å². The molecule has 1 aliphatic heterocycles. The van der Waals surface area contributed by atoms with Gasteiger partial charge in [0, 0.05) is 19.5 Å². The normalized spacial score (nSPS) is 13.6. The average Bonchev–Trinajstić information content (AvgIpc) is 3.18. The van der Waals surface area contributed by atoms with Gasteiger partial charge in [-0.05, 0) is 55.2 Å². The molecule has 1 atom stereocenters. The first-order valence-corrected chi connectivity index (χ1v) is 10.3. The van der Waals surface area contributed by atoms with Gasteiger partial charge in [-0.3, -0.25) is 4.99 Å². The Bertz CT molecular complexity index is 829. The van der Waals surface area contributed by atoms with Gasteiger partial charge >= 0.3 is 0 Å². The topological polar surface area (TPSA) is 75.1 Å². The van der Waals surface area contributed by atoms with Gasteiger partial charge in [-0.25, -0.2) is 0 Å². The van der Waals surface area contributed by atoms with Gasteiger partial charge in [-0.2, -0.15) is 0 Å². The number of halogens is 1. The summed E-state index contributed by atoms with van der Waals surface area (Å²) < 4.78 is 11.2. The highest BCUT2D eigenvalue weighted by atomic mass is 127. The van der Waals surface area contributed by atoms with Crippen LogP contribution in [-0.2, 0) is 12.8 Å². The van der Waals surface area contributed by atoms with Crippen LogP contribution in [-0.4, -0.2) is 50.0 Å². The average molecular weight is 525 g/mol. The number of rotatable bonds is 9. The molecule has 0 radical (unpaired) electrons. The van der Waals surface area contributed by atoms with E-state index in [2.05, 4.69) is 33.8 Å². The first-order valence-electron chi connectivity index (χ1n) is 10.3. The molecule has 0 fully saturated rings. The number of aliphatic hydroxyl groups is 1. The molecule has 1 heterocycles. The molecule has 30 heavy (non-hydrogen) atoms. The Balaban J connectivity index is 0.00000320. The summed E-state index contributed by atoms with van der Waals surface area (Å²) in [5.41, 5.74) is 3.70. The third-order valence-electron chi connectivity index (χ3n) is 4.70. The second-order valence-corrected chi connectivity index (χ2v) is 7.22. The Kier molecular flexibility index (Phi) is 10.2. The van der Waals surface area contributed by atoms with Crippen molar-refractivity contribution in [1.82, 2.24) is 10.6 Å². The van der Waals surface area contributed by atoms with Crippen LogP contribution < -0.4 is 20.1 Å². The lowest BCUT2D eigenvalue weighted by Gasteiger charge is -2.14. The molecule has 6 nitrogen and oxygen atoms in total. The van der Waals surface area contributed by atoms with Crippen LogP contribution >= 0.6 is 24.0 Å². The molecule has 0 aliphatic carbocycles. The minimum atomic E-state index is -0.664. The standard InChI is InChI=1S/C23H31N3O3.HI/c1-3-24-23(25-11-9-18-7-8-22-19(14-18)10-12-28-22)26-15-20(27)16-29-21-6-4-5-17(2)13-21;/h4-8,13-14,20,27H,3,9-12,15-16H2,1-2H3,(H2,24,25,26);1H. The predicted molar refractivity (Wildman–Crippen MR) is 131 cm³/mol. The Labute approximate surface area is 196 Å². The van der Waals surface area contributed by atoms with Gasteiger partial charge in [0.05, 0.1) is 13.2 Å². The van der Waals surface area contributed by atoms with E-state index >= 15 is 0 Å². The van der Waals surface area contributed by atoms with Gasteiger partial charge in [-0.15, -0.1) is 24.0 Å². The van der Waals surface area contributed by atoms with Gasteiger partial charge in [0.25, 0.3) is 0 Å². The largest absolute Gasteiger partial charge is 0.493 e. The molecule has 164 valence electrons. The molecule has 1 unspecified atom stereocenters. The molecule has 0 saturated carbocycles. The highest BCUT2D eigenvalue weighted by molar-refractivity contribution is 14.0. The van der Waals surface area contributed by atoms with Crippen molar-refractivity contribution >= 4 is 29.9 Å². The van der Waals surface area contributed by atoms with Crippen molar-refractivity contribution in [2.24, 2.45) is 4.99 Å². The number of aryl methyl sites for hydroxylation is 1. The first kappa shape index (κ1) is 24.3. The van der Waals surface area contributed by atoms with Crippen molar-refractivity contribution in [3.05, 3.63) is 59.2 Å². The van der Waals surface area contributed by atoms with Gasteiger partial charge < -0.3 is 25.2 Å². The van der Waals surface area contributed by atoms with E-state index in [9.17, 15) is 5.11 Å². The maximum absolute atomic E-state index is 10.2. The smallest absolute Gasteiger partial charge is 0.191 e. The van der Waals surface area contributed by atoms with Gasteiger partial charge in [0.2, 0.25) is 0 Å². The molecule has 0 amide bonds. The van der Waals surface area contributed by atoms with E-state index in [0.29, 0.717) is 5.96 Å². The van der Waals surface area contributed by atoms with Crippen LogP contribution in [0.1, 0.15) is 23.6 Å². The number of hydrogen-bond acceptors (Lipinski definition) is 4. The fourth-order valence-electron chi connectivity index (χ4n) is 3.21. The Morgan fingerprint density at radius 2 is 2.10 bits per heavy atom. The van der Waals surface area contributed by atoms with E-state index in [0.717, 1.165) is 49.6 Å². The number of aliphatic hydroxyl groups excluding tert-OH is 1. The molecule has 3 N–H and O–H groups in total. The van der Waals surface area contributed by atoms with Gasteiger partial charge in [-0.1, -0.05) is 24.3 Å². The molecule has 7 heteroatoms. The number of ether oxygens (including phenoxy) is 2. The Morgan fingerprint density at radius 1 is 1.23 bits per heavy atom. The van der Waals surface area contributed by atoms with Gasteiger partial charge in [0.1, 0.15) is 24.2 Å². The minimum absolute atomic E-state index is 0. The van der Waals surface area contributed by atoms with Crippen LogP contribution in [0.3, 0.4) is 0 Å². The lowest BCUT2D eigenvalue weighted by Crippen LogP contribution is -2.39. The Morgan fingerprint density at radius 3 is 2.90 bits per heavy atom. The molecule has 2 aromatic carbocycles. The third-order valence-corrected chi connectivity index (χ3v) is 4.70. The fraction of sp³-hybridized carbons (Fsp3) is 0.435. The number of guanidine groups is 1. The molecular weight excluding hydrogens is 493 g/mol. The fourth-order valence-corrected chi connectivity index (χ4v) is 3.21. The zero-order chi connectivity index (χ0) is 20.5. The van der Waals surface area contributed by atoms with Crippen molar-refractivity contribution in [2.75, 3.05) is 32.8 Å². The van der Waals surface area contributed by atoms with Crippen molar-refractivity contribution in [3.63, 3.8) is 0 Å². The molecule has 0 aromatic heterocycles.